The van der Waals surface area contributed by atoms with Crippen molar-refractivity contribution in [1.29, 1.82) is 0 Å². The normalized spacial score (nSPS) is 15.3. The molecule has 0 bridgehead atoms. The van der Waals surface area contributed by atoms with Gasteiger partial charge in [0, 0.05) is 38.3 Å². The standard InChI is InChI=1S/C22H23N3O3/c26-21(9-10-22-24-19-3-1-2-4-20(19)28-22)23-15-17-5-7-18(8-6-17)16-25-11-13-27-14-12-25/h1-10H,11-16H2,(H,23,26)/b10-9+. The van der Waals surface area contributed by atoms with E-state index in [4.69, 9.17) is 9.15 Å². The lowest BCUT2D eigenvalue weighted by Crippen LogP contribution is -2.35. The van der Waals surface area contributed by atoms with E-state index >= 15 is 0 Å². The third kappa shape index (κ3) is 4.85. The van der Waals surface area contributed by atoms with Gasteiger partial charge in [-0.15, -0.1) is 0 Å². The fourth-order valence-corrected chi connectivity index (χ4v) is 3.14. The van der Waals surface area contributed by atoms with E-state index in [-0.39, 0.29) is 5.91 Å². The van der Waals surface area contributed by atoms with Gasteiger partial charge in [-0.25, -0.2) is 4.98 Å². The van der Waals surface area contributed by atoms with Crippen molar-refractivity contribution in [3.63, 3.8) is 0 Å². The van der Waals surface area contributed by atoms with Crippen LogP contribution in [0.2, 0.25) is 0 Å². The summed E-state index contributed by atoms with van der Waals surface area (Å²) in [6.45, 7) is 4.98. The van der Waals surface area contributed by atoms with E-state index in [1.54, 1.807) is 6.08 Å². The molecule has 2 heterocycles. The molecular formula is C22H23N3O3. The minimum Gasteiger partial charge on any atom is -0.437 e. The Bertz CT molecular complexity index is 924. The number of aromatic nitrogens is 1. The topological polar surface area (TPSA) is 67.6 Å². The summed E-state index contributed by atoms with van der Waals surface area (Å²) in [4.78, 5) is 18.7. The average Bonchev–Trinajstić information content (AvgIpc) is 3.15. The smallest absolute Gasteiger partial charge is 0.244 e. The maximum absolute atomic E-state index is 12.0. The molecule has 0 atom stereocenters. The highest BCUT2D eigenvalue weighted by atomic mass is 16.5. The molecule has 0 aliphatic carbocycles. The predicted octanol–water partition coefficient (Wildman–Crippen LogP) is 2.99. The molecule has 0 unspecified atom stereocenters. The number of nitrogens with one attached hydrogen (secondary N) is 1. The first-order valence-corrected chi connectivity index (χ1v) is 9.46. The van der Waals surface area contributed by atoms with E-state index in [1.807, 2.05) is 24.3 Å². The third-order valence-electron chi connectivity index (χ3n) is 4.69. The fraction of sp³-hybridized carbons (Fsp3) is 0.273. The molecule has 144 valence electrons. The van der Waals surface area contributed by atoms with E-state index in [2.05, 4.69) is 39.5 Å². The van der Waals surface area contributed by atoms with Crippen molar-refractivity contribution < 1.29 is 13.9 Å². The zero-order valence-corrected chi connectivity index (χ0v) is 15.6. The van der Waals surface area contributed by atoms with Gasteiger partial charge in [0.15, 0.2) is 5.58 Å². The van der Waals surface area contributed by atoms with Gasteiger partial charge in [-0.3, -0.25) is 9.69 Å². The van der Waals surface area contributed by atoms with Gasteiger partial charge in [-0.2, -0.15) is 0 Å². The Morgan fingerprint density at radius 1 is 1.07 bits per heavy atom. The van der Waals surface area contributed by atoms with Crippen molar-refractivity contribution in [3.05, 3.63) is 71.6 Å². The van der Waals surface area contributed by atoms with Crippen molar-refractivity contribution >= 4 is 23.1 Å². The molecule has 2 aromatic carbocycles. The molecule has 0 saturated carbocycles. The molecule has 0 spiro atoms. The van der Waals surface area contributed by atoms with Crippen molar-refractivity contribution in [3.8, 4) is 0 Å². The van der Waals surface area contributed by atoms with Crippen molar-refractivity contribution in [2.24, 2.45) is 0 Å². The lowest BCUT2D eigenvalue weighted by atomic mass is 10.1. The van der Waals surface area contributed by atoms with Crippen LogP contribution in [0.15, 0.2) is 59.0 Å². The average molecular weight is 377 g/mol. The lowest BCUT2D eigenvalue weighted by Gasteiger charge is -2.26. The first-order chi connectivity index (χ1) is 13.8. The maximum Gasteiger partial charge on any atom is 0.244 e. The molecule has 1 aliphatic heterocycles. The molecule has 1 saturated heterocycles. The van der Waals surface area contributed by atoms with Crippen LogP contribution < -0.4 is 5.32 Å². The summed E-state index contributed by atoms with van der Waals surface area (Å²) in [6.07, 6.45) is 3.03. The molecule has 6 nitrogen and oxygen atoms in total. The van der Waals surface area contributed by atoms with Gasteiger partial charge in [0.2, 0.25) is 11.8 Å². The molecule has 1 aromatic heterocycles. The Morgan fingerprint density at radius 3 is 2.61 bits per heavy atom. The molecule has 1 amide bonds. The van der Waals surface area contributed by atoms with Crippen LogP contribution in [0, 0.1) is 0 Å². The van der Waals surface area contributed by atoms with Gasteiger partial charge < -0.3 is 14.5 Å². The van der Waals surface area contributed by atoms with E-state index < -0.39 is 0 Å². The predicted molar refractivity (Wildman–Crippen MR) is 107 cm³/mol. The van der Waals surface area contributed by atoms with Crippen LogP contribution >= 0.6 is 0 Å². The molecule has 6 heteroatoms. The highest BCUT2D eigenvalue weighted by Gasteiger charge is 2.10. The molecule has 1 aliphatic rings. The summed E-state index contributed by atoms with van der Waals surface area (Å²) in [5.74, 6) is 0.239. The Morgan fingerprint density at radius 2 is 1.82 bits per heavy atom. The van der Waals surface area contributed by atoms with Gasteiger partial charge in [-0.1, -0.05) is 36.4 Å². The second-order valence-corrected chi connectivity index (χ2v) is 6.78. The van der Waals surface area contributed by atoms with E-state index in [0.717, 1.165) is 43.9 Å². The van der Waals surface area contributed by atoms with E-state index in [9.17, 15) is 4.79 Å². The molecule has 4 rings (SSSR count). The Balaban J connectivity index is 1.27. The third-order valence-corrected chi connectivity index (χ3v) is 4.69. The van der Waals surface area contributed by atoms with Crippen molar-refractivity contribution in [2.75, 3.05) is 26.3 Å². The highest BCUT2D eigenvalue weighted by molar-refractivity contribution is 5.91. The van der Waals surface area contributed by atoms with Gasteiger partial charge >= 0.3 is 0 Å². The minimum absolute atomic E-state index is 0.181. The SMILES string of the molecule is O=C(/C=C/c1nc2ccccc2o1)NCc1ccc(CN2CCOCC2)cc1. The maximum atomic E-state index is 12.0. The first-order valence-electron chi connectivity index (χ1n) is 9.46. The Kier molecular flexibility index (Phi) is 5.80. The second-order valence-electron chi connectivity index (χ2n) is 6.78. The van der Waals surface area contributed by atoms with Crippen LogP contribution in [0.25, 0.3) is 17.2 Å². The highest BCUT2D eigenvalue weighted by Crippen LogP contribution is 2.15. The lowest BCUT2D eigenvalue weighted by molar-refractivity contribution is -0.116. The number of hydrogen-bond donors (Lipinski definition) is 1. The zero-order valence-electron chi connectivity index (χ0n) is 15.6. The quantitative estimate of drug-likeness (QED) is 0.669. The van der Waals surface area contributed by atoms with Crippen LogP contribution in [0.1, 0.15) is 17.0 Å². The number of carbonyl (C=O) groups excluding carboxylic acids is 1. The number of oxazole rings is 1. The van der Waals surface area contributed by atoms with Crippen molar-refractivity contribution in [2.45, 2.75) is 13.1 Å². The van der Waals surface area contributed by atoms with Crippen LogP contribution in [0.4, 0.5) is 0 Å². The molecule has 1 fully saturated rings. The monoisotopic (exact) mass is 377 g/mol. The van der Waals surface area contributed by atoms with E-state index in [1.165, 1.54) is 11.6 Å². The number of para-hydroxylation sites is 2. The number of benzene rings is 2. The summed E-state index contributed by atoms with van der Waals surface area (Å²) in [7, 11) is 0. The summed E-state index contributed by atoms with van der Waals surface area (Å²) in [5.41, 5.74) is 3.82. The zero-order chi connectivity index (χ0) is 19.2. The molecule has 28 heavy (non-hydrogen) atoms. The number of amides is 1. The fourth-order valence-electron chi connectivity index (χ4n) is 3.14. The molecular weight excluding hydrogens is 354 g/mol. The van der Waals surface area contributed by atoms with E-state index in [0.29, 0.717) is 18.0 Å². The van der Waals surface area contributed by atoms with Crippen molar-refractivity contribution in [1.82, 2.24) is 15.2 Å². The summed E-state index contributed by atoms with van der Waals surface area (Å²) in [5, 5.41) is 2.88. The molecule has 1 N–H and O–H groups in total. The Hall–Kier alpha value is -2.96. The number of ether oxygens (including phenoxy) is 1. The summed E-state index contributed by atoms with van der Waals surface area (Å²) < 4.78 is 10.9. The number of morpholine rings is 1. The van der Waals surface area contributed by atoms with Gasteiger partial charge in [0.1, 0.15) is 5.52 Å². The first kappa shape index (κ1) is 18.4. The molecule has 0 radical (unpaired) electrons. The number of carbonyl (C=O) groups is 1. The summed E-state index contributed by atoms with van der Waals surface area (Å²) >= 11 is 0. The number of hydrogen-bond acceptors (Lipinski definition) is 5. The number of fused-ring (bicyclic) bond motifs is 1. The summed E-state index contributed by atoms with van der Waals surface area (Å²) in [6, 6.07) is 15.9. The van der Waals surface area contributed by atoms with Gasteiger partial charge in [0.05, 0.1) is 13.2 Å². The van der Waals surface area contributed by atoms with Crippen LogP contribution in [-0.2, 0) is 22.6 Å². The van der Waals surface area contributed by atoms with Crippen LogP contribution in [-0.4, -0.2) is 42.1 Å². The van der Waals surface area contributed by atoms with Crippen LogP contribution in [0.5, 0.6) is 0 Å². The Labute approximate surface area is 163 Å². The number of rotatable bonds is 6. The number of nitrogens with zero attached hydrogens (tertiary/aromatic N) is 2. The minimum atomic E-state index is -0.181. The molecule has 3 aromatic rings. The van der Waals surface area contributed by atoms with Crippen LogP contribution in [0.3, 0.4) is 0 Å². The van der Waals surface area contributed by atoms with Gasteiger partial charge in [-0.05, 0) is 23.3 Å². The van der Waals surface area contributed by atoms with Gasteiger partial charge in [0.25, 0.3) is 0 Å². The second kappa shape index (κ2) is 8.82. The largest absolute Gasteiger partial charge is 0.437 e.